The number of esters is 1. The third-order valence-electron chi connectivity index (χ3n) is 6.26. The lowest BCUT2D eigenvalue weighted by Gasteiger charge is -2.26. The first-order valence-corrected chi connectivity index (χ1v) is 14.1. The van der Waals surface area contributed by atoms with Crippen molar-refractivity contribution in [2.45, 2.75) is 106 Å². The Morgan fingerprint density at radius 2 is 1.32 bits per heavy atom. The monoisotopic (exact) mass is 534 g/mol. The molecule has 0 aliphatic carbocycles. The van der Waals surface area contributed by atoms with Crippen LogP contribution in [-0.2, 0) is 23.9 Å². The summed E-state index contributed by atoms with van der Waals surface area (Å²) in [6.45, 7) is 25.9. The van der Waals surface area contributed by atoms with Gasteiger partial charge in [0.2, 0.25) is 11.8 Å². The van der Waals surface area contributed by atoms with Crippen LogP contribution in [0.25, 0.3) is 0 Å². The summed E-state index contributed by atoms with van der Waals surface area (Å²) in [6, 6.07) is 0.211. The van der Waals surface area contributed by atoms with Gasteiger partial charge in [-0.3, -0.25) is 14.4 Å². The minimum absolute atomic E-state index is 0.0137. The molecule has 0 N–H and O–H groups in total. The molecular weight excluding hydrogens is 480 g/mol. The van der Waals surface area contributed by atoms with Gasteiger partial charge in [0.1, 0.15) is 0 Å². The quantitative estimate of drug-likeness (QED) is 0.0841. The van der Waals surface area contributed by atoms with Crippen LogP contribution in [0.2, 0.25) is 0 Å². The van der Waals surface area contributed by atoms with Gasteiger partial charge in [-0.05, 0) is 77.9 Å². The summed E-state index contributed by atoms with van der Waals surface area (Å²) in [4.78, 5) is 40.3. The van der Waals surface area contributed by atoms with Crippen molar-refractivity contribution in [3.05, 3.63) is 37.1 Å². The number of nitrogens with zero attached hydrogens (tertiary/aromatic N) is 2. The summed E-state index contributed by atoms with van der Waals surface area (Å²) in [6.07, 6.45) is 8.90. The fraction of sp³-hybridized carbons (Fsp3) is 0.710. The Hall–Kier alpha value is -2.57. The molecule has 0 spiro atoms. The normalized spacial score (nSPS) is 12.5. The first-order valence-electron chi connectivity index (χ1n) is 14.1. The van der Waals surface area contributed by atoms with Gasteiger partial charge < -0.3 is 19.3 Å². The molecule has 38 heavy (non-hydrogen) atoms. The maximum Gasteiger partial charge on any atom is 0.306 e. The Balaban J connectivity index is 4.30. The predicted molar refractivity (Wildman–Crippen MR) is 155 cm³/mol. The first kappa shape index (κ1) is 35.4. The third-order valence-corrected chi connectivity index (χ3v) is 6.26. The van der Waals surface area contributed by atoms with E-state index in [1.54, 1.807) is 11.0 Å². The van der Waals surface area contributed by atoms with E-state index in [0.717, 1.165) is 25.0 Å². The summed E-state index contributed by atoms with van der Waals surface area (Å²) in [5.41, 5.74) is -0.0672. The van der Waals surface area contributed by atoms with E-state index in [-0.39, 0.29) is 41.2 Å². The Kier molecular flexibility index (Phi) is 17.4. The Bertz CT molecular complexity index is 780. The van der Waals surface area contributed by atoms with E-state index in [4.69, 9.17) is 9.47 Å². The second-order valence-electron chi connectivity index (χ2n) is 11.6. The van der Waals surface area contributed by atoms with Crippen molar-refractivity contribution in [1.82, 2.24) is 9.80 Å². The van der Waals surface area contributed by atoms with Gasteiger partial charge >= 0.3 is 5.97 Å². The van der Waals surface area contributed by atoms with Crippen LogP contribution in [0.4, 0.5) is 0 Å². The molecule has 0 saturated carbocycles. The molecule has 0 heterocycles. The number of hydrogen-bond acceptors (Lipinski definition) is 5. The standard InChI is InChI=1S/C31H54N2O5/c1-11-28(34)32(24(2)3)19-13-15-22-38-30(36)23-26(6)17-16-18-29(35)33(25(4)5)20-12-14-21-37-27(7)31(8,9)10/h11,16,18,24-26H,1,7,12-15,17,19-23H2,2-6,8-10H3/b18-16-. The maximum absolute atomic E-state index is 12.7. The van der Waals surface area contributed by atoms with Crippen LogP contribution < -0.4 is 0 Å². The zero-order valence-corrected chi connectivity index (χ0v) is 25.4. The summed E-state index contributed by atoms with van der Waals surface area (Å²) in [5, 5.41) is 0. The summed E-state index contributed by atoms with van der Waals surface area (Å²) in [7, 11) is 0. The highest BCUT2D eigenvalue weighted by molar-refractivity contribution is 5.88. The van der Waals surface area contributed by atoms with Gasteiger partial charge in [-0.15, -0.1) is 0 Å². The molecule has 0 aliphatic rings. The van der Waals surface area contributed by atoms with E-state index >= 15 is 0 Å². The minimum Gasteiger partial charge on any atom is -0.498 e. The first-order chi connectivity index (χ1) is 17.7. The van der Waals surface area contributed by atoms with E-state index in [9.17, 15) is 14.4 Å². The van der Waals surface area contributed by atoms with E-state index in [2.05, 4.69) is 33.9 Å². The summed E-state index contributed by atoms with van der Waals surface area (Å²) < 4.78 is 11.1. The van der Waals surface area contributed by atoms with Gasteiger partial charge in [0, 0.05) is 37.0 Å². The molecule has 7 heteroatoms. The number of carbonyl (C=O) groups is 3. The zero-order valence-electron chi connectivity index (χ0n) is 25.4. The number of allylic oxidation sites excluding steroid dienone is 2. The molecule has 0 fully saturated rings. The Labute approximate surface area is 232 Å². The third kappa shape index (κ3) is 15.6. The van der Waals surface area contributed by atoms with Gasteiger partial charge in [-0.25, -0.2) is 0 Å². The zero-order chi connectivity index (χ0) is 29.3. The SMILES string of the molecule is C=CC(=O)N(CCCCOC(=O)CC(C)C/C=C\C(=O)N(CCCCOC(=C)C(C)(C)C)C(C)C)C(C)C. The average Bonchev–Trinajstić information content (AvgIpc) is 2.81. The number of ether oxygens (including phenoxy) is 2. The number of hydrogen-bond donors (Lipinski definition) is 0. The van der Waals surface area contributed by atoms with Crippen LogP contribution in [0, 0.1) is 11.3 Å². The number of rotatable bonds is 19. The lowest BCUT2D eigenvalue weighted by atomic mass is 9.95. The van der Waals surface area contributed by atoms with Gasteiger partial charge in [0.25, 0.3) is 0 Å². The summed E-state index contributed by atoms with van der Waals surface area (Å²) >= 11 is 0. The number of unbranched alkanes of at least 4 members (excludes halogenated alkanes) is 2. The molecule has 0 aromatic rings. The van der Waals surface area contributed by atoms with E-state index in [1.807, 2.05) is 45.6 Å². The number of amides is 2. The smallest absolute Gasteiger partial charge is 0.306 e. The molecule has 1 atom stereocenters. The summed E-state index contributed by atoms with van der Waals surface area (Å²) in [5.74, 6) is 0.529. The van der Waals surface area contributed by atoms with Crippen molar-refractivity contribution in [3.8, 4) is 0 Å². The second-order valence-corrected chi connectivity index (χ2v) is 11.6. The van der Waals surface area contributed by atoms with Gasteiger partial charge in [0.15, 0.2) is 0 Å². The van der Waals surface area contributed by atoms with Crippen LogP contribution in [0.3, 0.4) is 0 Å². The molecule has 7 nitrogen and oxygen atoms in total. The largest absolute Gasteiger partial charge is 0.498 e. The molecule has 0 rings (SSSR count). The fourth-order valence-corrected chi connectivity index (χ4v) is 3.65. The molecule has 0 aromatic heterocycles. The Morgan fingerprint density at radius 1 is 0.816 bits per heavy atom. The van der Waals surface area contributed by atoms with Crippen molar-refractivity contribution < 1.29 is 23.9 Å². The van der Waals surface area contributed by atoms with Gasteiger partial charge in [-0.2, -0.15) is 0 Å². The highest BCUT2D eigenvalue weighted by Crippen LogP contribution is 2.24. The molecule has 1 unspecified atom stereocenters. The van der Waals surface area contributed by atoms with Crippen LogP contribution in [0.1, 0.15) is 93.9 Å². The molecule has 0 aliphatic heterocycles. The predicted octanol–water partition coefficient (Wildman–Crippen LogP) is 6.30. The molecule has 0 aromatic carbocycles. The highest BCUT2D eigenvalue weighted by atomic mass is 16.5. The van der Waals surface area contributed by atoms with E-state index < -0.39 is 0 Å². The molecular formula is C31H54N2O5. The fourth-order valence-electron chi connectivity index (χ4n) is 3.65. The Morgan fingerprint density at radius 3 is 1.79 bits per heavy atom. The van der Waals surface area contributed by atoms with Crippen molar-refractivity contribution in [2.24, 2.45) is 11.3 Å². The highest BCUT2D eigenvalue weighted by Gasteiger charge is 2.17. The lowest BCUT2D eigenvalue weighted by molar-refractivity contribution is -0.145. The van der Waals surface area contributed by atoms with Crippen LogP contribution in [-0.4, -0.2) is 66.0 Å². The van der Waals surface area contributed by atoms with Crippen LogP contribution in [0.5, 0.6) is 0 Å². The number of carbonyl (C=O) groups excluding carboxylic acids is 3. The molecule has 0 bridgehead atoms. The maximum atomic E-state index is 12.7. The van der Waals surface area contributed by atoms with Crippen molar-refractivity contribution in [2.75, 3.05) is 26.3 Å². The van der Waals surface area contributed by atoms with E-state index in [1.165, 1.54) is 6.08 Å². The van der Waals surface area contributed by atoms with Gasteiger partial charge in [-0.1, -0.05) is 46.9 Å². The van der Waals surface area contributed by atoms with Gasteiger partial charge in [0.05, 0.1) is 19.0 Å². The van der Waals surface area contributed by atoms with E-state index in [0.29, 0.717) is 45.6 Å². The second kappa shape index (κ2) is 18.6. The molecule has 0 saturated heterocycles. The van der Waals surface area contributed by atoms with Crippen molar-refractivity contribution in [1.29, 1.82) is 0 Å². The van der Waals surface area contributed by atoms with Crippen LogP contribution >= 0.6 is 0 Å². The van der Waals surface area contributed by atoms with Crippen LogP contribution in [0.15, 0.2) is 37.1 Å². The minimum atomic E-state index is -0.236. The molecule has 218 valence electrons. The average molecular weight is 535 g/mol. The van der Waals surface area contributed by atoms with Crippen molar-refractivity contribution >= 4 is 17.8 Å². The lowest BCUT2D eigenvalue weighted by Crippen LogP contribution is -2.36. The molecule has 0 radical (unpaired) electrons. The molecule has 2 amide bonds. The topological polar surface area (TPSA) is 76.2 Å². The van der Waals surface area contributed by atoms with Crippen molar-refractivity contribution in [3.63, 3.8) is 0 Å².